The minimum absolute atomic E-state index is 0.0270. The molecule has 2 rings (SSSR count). The summed E-state index contributed by atoms with van der Waals surface area (Å²) in [5.41, 5.74) is 0.807. The number of carbonyl (C=O) groups is 1. The van der Waals surface area contributed by atoms with Gasteiger partial charge in [0, 0.05) is 17.7 Å². The Balaban J connectivity index is 2.16. The minimum atomic E-state index is -0.440. The van der Waals surface area contributed by atoms with Crippen LogP contribution in [-0.4, -0.2) is 17.3 Å². The van der Waals surface area contributed by atoms with Crippen molar-refractivity contribution in [3.05, 3.63) is 33.9 Å². The predicted octanol–water partition coefficient (Wildman–Crippen LogP) is 3.64. The van der Waals surface area contributed by atoms with Gasteiger partial charge in [-0.05, 0) is 43.2 Å². The predicted molar refractivity (Wildman–Crippen MR) is 78.1 cm³/mol. The van der Waals surface area contributed by atoms with Gasteiger partial charge in [-0.15, -0.1) is 0 Å². The Morgan fingerprint density at radius 2 is 2.05 bits per heavy atom. The number of nitro benzene ring substituents is 1. The first-order valence-corrected chi connectivity index (χ1v) is 7.01. The minimum Gasteiger partial charge on any atom is -0.377 e. The van der Waals surface area contributed by atoms with Crippen molar-refractivity contribution < 1.29 is 9.72 Å². The zero-order valence-electron chi connectivity index (χ0n) is 11.8. The second-order valence-corrected chi connectivity index (χ2v) is 5.76. The molecule has 0 radical (unpaired) electrons. The lowest BCUT2D eigenvalue weighted by molar-refractivity contribution is -0.384. The van der Waals surface area contributed by atoms with Gasteiger partial charge in [-0.25, -0.2) is 0 Å². The molecule has 1 N–H and O–H groups in total. The monoisotopic (exact) mass is 276 g/mol. The van der Waals surface area contributed by atoms with Gasteiger partial charge in [0.1, 0.15) is 12.0 Å². The van der Waals surface area contributed by atoms with Crippen LogP contribution in [0.3, 0.4) is 0 Å². The molecule has 0 amide bonds. The third-order valence-corrected chi connectivity index (χ3v) is 4.31. The summed E-state index contributed by atoms with van der Waals surface area (Å²) >= 11 is 0. The fraction of sp³-hybridized carbons (Fsp3) is 0.533. The van der Waals surface area contributed by atoms with Gasteiger partial charge < -0.3 is 5.32 Å². The van der Waals surface area contributed by atoms with Gasteiger partial charge in [0.05, 0.1) is 4.92 Å². The Hall–Kier alpha value is -1.91. The van der Waals surface area contributed by atoms with E-state index in [4.69, 9.17) is 0 Å². The smallest absolute Gasteiger partial charge is 0.293 e. The largest absolute Gasteiger partial charge is 0.377 e. The lowest BCUT2D eigenvalue weighted by atomic mass is 9.79. The number of rotatable bonds is 4. The molecule has 108 valence electrons. The number of nitrogens with zero attached hydrogens (tertiary/aromatic N) is 1. The van der Waals surface area contributed by atoms with Crippen molar-refractivity contribution in [2.75, 3.05) is 5.32 Å². The standard InChI is InChI=1S/C15H20N2O3/c1-10-3-5-13(7-11(10)2)16-14-6-4-12(9-18)8-15(14)17(19)20/h4,6,8-11,13,16H,3,5,7H2,1-2H3. The van der Waals surface area contributed by atoms with E-state index in [-0.39, 0.29) is 11.7 Å². The Morgan fingerprint density at radius 1 is 1.30 bits per heavy atom. The molecule has 0 aromatic heterocycles. The average Bonchev–Trinajstić information content (AvgIpc) is 2.43. The molecule has 1 fully saturated rings. The van der Waals surface area contributed by atoms with Crippen LogP contribution in [0.2, 0.25) is 0 Å². The quantitative estimate of drug-likeness (QED) is 0.517. The normalized spacial score (nSPS) is 26.0. The summed E-state index contributed by atoms with van der Waals surface area (Å²) in [4.78, 5) is 21.4. The summed E-state index contributed by atoms with van der Waals surface area (Å²) in [5, 5.41) is 14.4. The topological polar surface area (TPSA) is 72.2 Å². The zero-order chi connectivity index (χ0) is 14.7. The van der Waals surface area contributed by atoms with Gasteiger partial charge >= 0.3 is 0 Å². The van der Waals surface area contributed by atoms with E-state index in [0.717, 1.165) is 19.3 Å². The maximum Gasteiger partial charge on any atom is 0.293 e. The van der Waals surface area contributed by atoms with Gasteiger partial charge in [-0.1, -0.05) is 13.8 Å². The molecule has 3 unspecified atom stereocenters. The summed E-state index contributed by atoms with van der Waals surface area (Å²) in [5.74, 6) is 1.33. The van der Waals surface area contributed by atoms with Crippen molar-refractivity contribution in [1.29, 1.82) is 0 Å². The van der Waals surface area contributed by atoms with Crippen LogP contribution in [0.4, 0.5) is 11.4 Å². The zero-order valence-corrected chi connectivity index (χ0v) is 11.8. The number of nitro groups is 1. The van der Waals surface area contributed by atoms with Gasteiger partial charge in [-0.3, -0.25) is 14.9 Å². The van der Waals surface area contributed by atoms with E-state index in [1.165, 1.54) is 6.07 Å². The summed E-state index contributed by atoms with van der Waals surface area (Å²) < 4.78 is 0. The molecule has 1 aliphatic carbocycles. The van der Waals surface area contributed by atoms with Crippen LogP contribution in [0, 0.1) is 22.0 Å². The first-order chi connectivity index (χ1) is 9.51. The molecule has 0 saturated heterocycles. The average molecular weight is 276 g/mol. The van der Waals surface area contributed by atoms with Crippen LogP contribution in [0.15, 0.2) is 18.2 Å². The van der Waals surface area contributed by atoms with Crippen molar-refractivity contribution >= 4 is 17.7 Å². The van der Waals surface area contributed by atoms with Crippen LogP contribution >= 0.6 is 0 Å². The van der Waals surface area contributed by atoms with Crippen molar-refractivity contribution in [2.45, 2.75) is 39.2 Å². The molecule has 0 spiro atoms. The first-order valence-electron chi connectivity index (χ1n) is 7.01. The third-order valence-electron chi connectivity index (χ3n) is 4.31. The summed E-state index contributed by atoms with van der Waals surface area (Å²) in [6, 6.07) is 4.83. The molecule has 0 aliphatic heterocycles. The van der Waals surface area contributed by atoms with E-state index in [2.05, 4.69) is 19.2 Å². The second-order valence-electron chi connectivity index (χ2n) is 5.76. The van der Waals surface area contributed by atoms with Crippen LogP contribution in [0.5, 0.6) is 0 Å². The number of hydrogen-bond donors (Lipinski definition) is 1. The van der Waals surface area contributed by atoms with Crippen molar-refractivity contribution in [1.82, 2.24) is 0 Å². The van der Waals surface area contributed by atoms with E-state index in [0.29, 0.717) is 29.4 Å². The van der Waals surface area contributed by atoms with E-state index in [1.54, 1.807) is 12.1 Å². The molecular weight excluding hydrogens is 256 g/mol. The lowest BCUT2D eigenvalue weighted by Gasteiger charge is -2.33. The number of benzene rings is 1. The van der Waals surface area contributed by atoms with Crippen molar-refractivity contribution in [3.63, 3.8) is 0 Å². The Morgan fingerprint density at radius 3 is 2.65 bits per heavy atom. The molecule has 0 bridgehead atoms. The molecule has 0 heterocycles. The molecule has 1 aromatic carbocycles. The fourth-order valence-electron chi connectivity index (χ4n) is 2.79. The highest BCUT2D eigenvalue weighted by Gasteiger charge is 2.26. The van der Waals surface area contributed by atoms with Crippen LogP contribution in [-0.2, 0) is 0 Å². The lowest BCUT2D eigenvalue weighted by Crippen LogP contribution is -2.30. The number of nitrogens with one attached hydrogen (secondary N) is 1. The molecule has 3 atom stereocenters. The molecule has 20 heavy (non-hydrogen) atoms. The van der Waals surface area contributed by atoms with Crippen molar-refractivity contribution in [3.8, 4) is 0 Å². The Bertz CT molecular complexity index is 516. The van der Waals surface area contributed by atoms with Crippen molar-refractivity contribution in [2.24, 2.45) is 11.8 Å². The van der Waals surface area contributed by atoms with Gasteiger partial charge in [-0.2, -0.15) is 0 Å². The summed E-state index contributed by atoms with van der Waals surface area (Å²) in [6.45, 7) is 4.48. The Kier molecular flexibility index (Phi) is 4.37. The third kappa shape index (κ3) is 3.15. The molecular formula is C15H20N2O3. The highest BCUT2D eigenvalue weighted by Crippen LogP contribution is 2.33. The molecule has 1 saturated carbocycles. The summed E-state index contributed by atoms with van der Waals surface area (Å²) in [7, 11) is 0. The van der Waals surface area contributed by atoms with Gasteiger partial charge in [0.2, 0.25) is 0 Å². The molecule has 1 aliphatic rings. The number of anilines is 1. The van der Waals surface area contributed by atoms with Gasteiger partial charge in [0.25, 0.3) is 5.69 Å². The van der Waals surface area contributed by atoms with E-state index >= 15 is 0 Å². The number of carbonyl (C=O) groups excluding carboxylic acids is 1. The molecule has 5 nitrogen and oxygen atoms in total. The maximum absolute atomic E-state index is 11.1. The van der Waals surface area contributed by atoms with E-state index < -0.39 is 4.92 Å². The SMILES string of the molecule is CC1CCC(Nc2ccc(C=O)cc2[N+](=O)[O-])CC1C. The number of aldehydes is 1. The van der Waals surface area contributed by atoms with Crippen LogP contribution in [0.25, 0.3) is 0 Å². The van der Waals surface area contributed by atoms with Gasteiger partial charge in [0.15, 0.2) is 0 Å². The maximum atomic E-state index is 11.1. The number of hydrogen-bond acceptors (Lipinski definition) is 4. The molecule has 1 aromatic rings. The summed E-state index contributed by atoms with van der Waals surface area (Å²) in [6.07, 6.45) is 3.81. The van der Waals surface area contributed by atoms with E-state index in [9.17, 15) is 14.9 Å². The Labute approximate surface area is 118 Å². The fourth-order valence-corrected chi connectivity index (χ4v) is 2.79. The highest BCUT2D eigenvalue weighted by molar-refractivity contribution is 5.79. The highest BCUT2D eigenvalue weighted by atomic mass is 16.6. The van der Waals surface area contributed by atoms with Crippen LogP contribution < -0.4 is 5.32 Å². The second kappa shape index (κ2) is 6.03. The first kappa shape index (κ1) is 14.5. The van der Waals surface area contributed by atoms with Crippen LogP contribution in [0.1, 0.15) is 43.5 Å². The molecule has 5 heteroatoms. The van der Waals surface area contributed by atoms with E-state index in [1.807, 2.05) is 0 Å².